The largest absolute Gasteiger partial charge is 0.457 e. The molecule has 1 aliphatic rings. The molecule has 1 saturated carbocycles. The Labute approximate surface area is 165 Å². The lowest BCUT2D eigenvalue weighted by molar-refractivity contribution is -0.119. The van der Waals surface area contributed by atoms with Gasteiger partial charge in [-0.3, -0.25) is 4.79 Å². The zero-order chi connectivity index (χ0) is 18.7. The Morgan fingerprint density at radius 1 is 1.11 bits per heavy atom. The van der Waals surface area contributed by atoms with E-state index in [1.807, 2.05) is 0 Å². The molecule has 8 heteroatoms. The summed E-state index contributed by atoms with van der Waals surface area (Å²) in [5.74, 6) is 0.952. The van der Waals surface area contributed by atoms with Crippen LogP contribution in [0.4, 0.5) is 5.69 Å². The SMILES string of the molecule is CS(=O)(=O)c1cccc(Oc2ccc(NC(=O)C3CCC(N)C3)cc2)c1.Cl. The predicted octanol–water partition coefficient (Wildman–Crippen LogP) is 3.37. The number of halogens is 1. The number of hydrogen-bond donors (Lipinski definition) is 2. The van der Waals surface area contributed by atoms with Gasteiger partial charge in [-0.25, -0.2) is 8.42 Å². The van der Waals surface area contributed by atoms with E-state index < -0.39 is 9.84 Å². The molecule has 1 amide bonds. The maximum atomic E-state index is 12.2. The van der Waals surface area contributed by atoms with Gasteiger partial charge in [0.15, 0.2) is 9.84 Å². The standard InChI is InChI=1S/C19H22N2O4S.ClH/c1-26(23,24)18-4-2-3-17(12-18)25-16-9-7-15(8-10-16)21-19(22)13-5-6-14(20)11-13;/h2-4,7-10,12-14H,5-6,11,20H2,1H3,(H,21,22);1H. The van der Waals surface area contributed by atoms with E-state index in [4.69, 9.17) is 10.5 Å². The van der Waals surface area contributed by atoms with Gasteiger partial charge in [-0.15, -0.1) is 12.4 Å². The van der Waals surface area contributed by atoms with E-state index in [0.717, 1.165) is 25.5 Å². The predicted molar refractivity (Wildman–Crippen MR) is 107 cm³/mol. The van der Waals surface area contributed by atoms with Crippen molar-refractivity contribution < 1.29 is 17.9 Å². The maximum absolute atomic E-state index is 12.2. The van der Waals surface area contributed by atoms with Crippen LogP contribution < -0.4 is 15.8 Å². The van der Waals surface area contributed by atoms with Gasteiger partial charge >= 0.3 is 0 Å². The van der Waals surface area contributed by atoms with Crippen molar-refractivity contribution in [3.8, 4) is 11.5 Å². The van der Waals surface area contributed by atoms with Crippen LogP contribution in [0.2, 0.25) is 0 Å². The summed E-state index contributed by atoms with van der Waals surface area (Å²) in [4.78, 5) is 12.4. The second kappa shape index (κ2) is 8.73. The van der Waals surface area contributed by atoms with Crippen molar-refractivity contribution in [2.24, 2.45) is 11.7 Å². The lowest BCUT2D eigenvalue weighted by Gasteiger charge is -2.12. The summed E-state index contributed by atoms with van der Waals surface area (Å²) in [7, 11) is -3.29. The third kappa shape index (κ3) is 5.69. The van der Waals surface area contributed by atoms with E-state index in [0.29, 0.717) is 17.2 Å². The number of ether oxygens (including phenoxy) is 1. The number of sulfone groups is 1. The monoisotopic (exact) mass is 410 g/mol. The number of amides is 1. The molecule has 1 fully saturated rings. The van der Waals surface area contributed by atoms with E-state index in [1.165, 1.54) is 12.1 Å². The highest BCUT2D eigenvalue weighted by Crippen LogP contribution is 2.27. The van der Waals surface area contributed by atoms with Gasteiger partial charge in [-0.2, -0.15) is 0 Å². The number of hydrogen-bond acceptors (Lipinski definition) is 5. The van der Waals surface area contributed by atoms with Crippen LogP contribution in [0.25, 0.3) is 0 Å². The molecular weight excluding hydrogens is 388 g/mol. The molecule has 27 heavy (non-hydrogen) atoms. The number of rotatable bonds is 5. The molecular formula is C19H23ClN2O4S. The van der Waals surface area contributed by atoms with E-state index in [-0.39, 0.29) is 35.2 Å². The topological polar surface area (TPSA) is 98.5 Å². The van der Waals surface area contributed by atoms with Gasteiger partial charge in [0.25, 0.3) is 0 Å². The van der Waals surface area contributed by atoms with E-state index in [9.17, 15) is 13.2 Å². The fourth-order valence-corrected chi connectivity index (χ4v) is 3.67. The van der Waals surface area contributed by atoms with Crippen LogP contribution in [-0.4, -0.2) is 26.6 Å². The first-order valence-electron chi connectivity index (χ1n) is 8.46. The van der Waals surface area contributed by atoms with Crippen LogP contribution in [0.15, 0.2) is 53.4 Å². The maximum Gasteiger partial charge on any atom is 0.227 e. The van der Waals surface area contributed by atoms with Crippen molar-refractivity contribution in [1.82, 2.24) is 0 Å². The summed E-state index contributed by atoms with van der Waals surface area (Å²) >= 11 is 0. The van der Waals surface area contributed by atoms with Crippen LogP contribution in [0.3, 0.4) is 0 Å². The third-order valence-corrected chi connectivity index (χ3v) is 5.55. The van der Waals surface area contributed by atoms with Gasteiger partial charge in [0, 0.05) is 23.9 Å². The Balaban J connectivity index is 0.00000261. The first-order chi connectivity index (χ1) is 12.3. The molecule has 0 heterocycles. The van der Waals surface area contributed by atoms with E-state index in [2.05, 4.69) is 5.32 Å². The molecule has 2 atom stereocenters. The van der Waals surface area contributed by atoms with Crippen LogP contribution >= 0.6 is 12.4 Å². The molecule has 0 spiro atoms. The molecule has 3 rings (SSSR count). The zero-order valence-electron chi connectivity index (χ0n) is 14.9. The second-order valence-corrected chi connectivity index (χ2v) is 8.65. The van der Waals surface area contributed by atoms with Gasteiger partial charge < -0.3 is 15.8 Å². The minimum Gasteiger partial charge on any atom is -0.457 e. The van der Waals surface area contributed by atoms with Gasteiger partial charge in [-0.1, -0.05) is 6.07 Å². The highest BCUT2D eigenvalue weighted by Gasteiger charge is 2.27. The summed E-state index contributed by atoms with van der Waals surface area (Å²) in [6, 6.07) is 13.4. The summed E-state index contributed by atoms with van der Waals surface area (Å²) in [5, 5.41) is 2.90. The van der Waals surface area contributed by atoms with E-state index in [1.54, 1.807) is 36.4 Å². The smallest absolute Gasteiger partial charge is 0.227 e. The van der Waals surface area contributed by atoms with Gasteiger partial charge in [-0.05, 0) is 61.7 Å². The molecule has 2 unspecified atom stereocenters. The molecule has 2 aromatic rings. The van der Waals surface area contributed by atoms with Crippen LogP contribution in [-0.2, 0) is 14.6 Å². The first-order valence-corrected chi connectivity index (χ1v) is 10.3. The lowest BCUT2D eigenvalue weighted by atomic mass is 10.1. The first kappa shape index (κ1) is 21.2. The Kier molecular flexibility index (Phi) is 6.86. The highest BCUT2D eigenvalue weighted by atomic mass is 35.5. The normalized spacial score (nSPS) is 19.2. The quantitative estimate of drug-likeness (QED) is 0.787. The van der Waals surface area contributed by atoms with Crippen LogP contribution in [0, 0.1) is 5.92 Å². The van der Waals surface area contributed by atoms with Crippen LogP contribution in [0.5, 0.6) is 11.5 Å². The number of nitrogens with one attached hydrogen (secondary N) is 1. The fourth-order valence-electron chi connectivity index (χ4n) is 3.01. The number of anilines is 1. The van der Waals surface area contributed by atoms with Gasteiger partial charge in [0.05, 0.1) is 4.90 Å². The minimum absolute atomic E-state index is 0. The summed E-state index contributed by atoms with van der Waals surface area (Å²) in [5.41, 5.74) is 6.54. The number of carbonyl (C=O) groups is 1. The molecule has 6 nitrogen and oxygen atoms in total. The third-order valence-electron chi connectivity index (χ3n) is 4.44. The molecule has 0 saturated heterocycles. The Morgan fingerprint density at radius 2 is 1.81 bits per heavy atom. The minimum atomic E-state index is -3.29. The number of carbonyl (C=O) groups excluding carboxylic acids is 1. The molecule has 3 N–H and O–H groups in total. The Bertz CT molecular complexity index is 900. The average Bonchev–Trinajstić information content (AvgIpc) is 3.03. The van der Waals surface area contributed by atoms with E-state index >= 15 is 0 Å². The van der Waals surface area contributed by atoms with Gasteiger partial charge in [0.1, 0.15) is 11.5 Å². The van der Waals surface area contributed by atoms with Crippen molar-refractivity contribution >= 4 is 33.8 Å². The average molecular weight is 411 g/mol. The zero-order valence-corrected chi connectivity index (χ0v) is 16.6. The molecule has 0 aromatic heterocycles. The summed E-state index contributed by atoms with van der Waals surface area (Å²) < 4.78 is 28.9. The summed E-state index contributed by atoms with van der Waals surface area (Å²) in [6.45, 7) is 0. The summed E-state index contributed by atoms with van der Waals surface area (Å²) in [6.07, 6.45) is 3.59. The van der Waals surface area contributed by atoms with Crippen molar-refractivity contribution in [3.63, 3.8) is 0 Å². The van der Waals surface area contributed by atoms with Crippen molar-refractivity contribution in [3.05, 3.63) is 48.5 Å². The van der Waals surface area contributed by atoms with Crippen molar-refractivity contribution in [2.75, 3.05) is 11.6 Å². The highest BCUT2D eigenvalue weighted by molar-refractivity contribution is 7.90. The Hall–Kier alpha value is -2.09. The van der Waals surface area contributed by atoms with Crippen molar-refractivity contribution in [2.45, 2.75) is 30.2 Å². The fraction of sp³-hybridized carbons (Fsp3) is 0.316. The lowest BCUT2D eigenvalue weighted by Crippen LogP contribution is -2.23. The van der Waals surface area contributed by atoms with Gasteiger partial charge in [0.2, 0.25) is 5.91 Å². The molecule has 146 valence electrons. The Morgan fingerprint density at radius 3 is 2.41 bits per heavy atom. The second-order valence-electron chi connectivity index (χ2n) is 6.63. The molecule has 1 aliphatic carbocycles. The van der Waals surface area contributed by atoms with Crippen molar-refractivity contribution in [1.29, 1.82) is 0 Å². The molecule has 0 bridgehead atoms. The number of benzene rings is 2. The molecule has 0 aliphatic heterocycles. The molecule has 2 aromatic carbocycles. The van der Waals surface area contributed by atoms with Crippen LogP contribution in [0.1, 0.15) is 19.3 Å². The molecule has 0 radical (unpaired) electrons. The number of nitrogens with two attached hydrogens (primary N) is 1.